The Bertz CT molecular complexity index is 669. The molecule has 0 spiro atoms. The van der Waals surface area contributed by atoms with E-state index in [9.17, 15) is 5.11 Å². The Morgan fingerprint density at radius 1 is 0.591 bits per heavy atom. The van der Waals surface area contributed by atoms with Crippen molar-refractivity contribution in [3.05, 3.63) is 96.1 Å². The van der Waals surface area contributed by atoms with Crippen LogP contribution in [-0.2, 0) is 18.2 Å². The quantitative estimate of drug-likeness (QED) is 0.645. The minimum Gasteiger partial charge on any atom is -0.360 e. The summed E-state index contributed by atoms with van der Waals surface area (Å²) in [5, 5.41) is 12.2. The lowest BCUT2D eigenvalue weighted by atomic mass is 10.1. The van der Waals surface area contributed by atoms with Crippen molar-refractivity contribution in [2.45, 2.75) is 13.1 Å². The monoisotopic (exact) mass is 288 g/mol. The summed E-state index contributed by atoms with van der Waals surface area (Å²) in [6.07, 6.45) is 0. The number of nitrogens with zero attached hydrogens (tertiary/aromatic N) is 1. The molecule has 2 heteroatoms. The number of para-hydroxylation sites is 2. The van der Waals surface area contributed by atoms with Gasteiger partial charge in [0, 0.05) is 13.1 Å². The van der Waals surface area contributed by atoms with E-state index in [0.717, 1.165) is 18.8 Å². The van der Waals surface area contributed by atoms with Gasteiger partial charge in [-0.1, -0.05) is 72.8 Å². The van der Waals surface area contributed by atoms with Crippen molar-refractivity contribution >= 4 is 5.69 Å². The maximum atomic E-state index is 12.2. The molecule has 3 aromatic rings. The van der Waals surface area contributed by atoms with Gasteiger partial charge in [-0.15, -0.1) is 0 Å². The third-order valence-electron chi connectivity index (χ3n) is 3.64. The molecule has 2 nitrogen and oxygen atoms in total. The minimum atomic E-state index is 0.0642. The van der Waals surface area contributed by atoms with Gasteiger partial charge in [-0.05, 0) is 23.3 Å². The van der Waals surface area contributed by atoms with Gasteiger partial charge in [0.05, 0.1) is 5.69 Å². The van der Waals surface area contributed by atoms with Crippen molar-refractivity contribution < 1.29 is 5.11 Å². The third kappa shape index (κ3) is 3.47. The summed E-state index contributed by atoms with van der Waals surface area (Å²) in [7, 11) is 0. The van der Waals surface area contributed by atoms with Crippen molar-refractivity contribution in [1.82, 2.24) is 0 Å². The second-order valence-corrected chi connectivity index (χ2v) is 5.29. The van der Waals surface area contributed by atoms with Crippen molar-refractivity contribution in [2.75, 3.05) is 4.90 Å². The first kappa shape index (κ1) is 14.2. The number of anilines is 1. The highest BCUT2D eigenvalue weighted by Gasteiger charge is 2.13. The first-order valence-electron chi connectivity index (χ1n) is 7.42. The highest BCUT2D eigenvalue weighted by atomic mass is 16.3. The van der Waals surface area contributed by atoms with Gasteiger partial charge in [0.1, 0.15) is 0 Å². The zero-order valence-electron chi connectivity index (χ0n) is 12.4. The van der Waals surface area contributed by atoms with E-state index in [0.29, 0.717) is 0 Å². The normalized spacial score (nSPS) is 10.4. The molecule has 0 atom stereocenters. The molecule has 0 saturated carbocycles. The highest BCUT2D eigenvalue weighted by Crippen LogP contribution is 2.29. The van der Waals surface area contributed by atoms with E-state index in [1.54, 1.807) is 12.1 Å². The average Bonchev–Trinajstić information content (AvgIpc) is 2.57. The lowest BCUT2D eigenvalue weighted by Crippen LogP contribution is -2.22. The SMILES string of the molecule is [O]c1ccccc1N(Cc1ccccc1)Cc1ccccc1. The van der Waals surface area contributed by atoms with Crippen molar-refractivity contribution in [3.63, 3.8) is 0 Å². The molecule has 0 N–H and O–H groups in total. The predicted octanol–water partition coefficient (Wildman–Crippen LogP) is 5.04. The van der Waals surface area contributed by atoms with Crippen LogP contribution in [0.25, 0.3) is 0 Å². The maximum absolute atomic E-state index is 12.2. The van der Waals surface area contributed by atoms with Gasteiger partial charge in [0.2, 0.25) is 5.75 Å². The van der Waals surface area contributed by atoms with Crippen LogP contribution >= 0.6 is 0 Å². The van der Waals surface area contributed by atoms with E-state index < -0.39 is 0 Å². The summed E-state index contributed by atoms with van der Waals surface area (Å²) < 4.78 is 0. The zero-order chi connectivity index (χ0) is 15.2. The van der Waals surface area contributed by atoms with Crippen LogP contribution in [0, 0.1) is 0 Å². The number of hydrogen-bond acceptors (Lipinski definition) is 1. The molecule has 0 saturated heterocycles. The van der Waals surface area contributed by atoms with Crippen molar-refractivity contribution in [2.24, 2.45) is 0 Å². The van der Waals surface area contributed by atoms with E-state index in [1.807, 2.05) is 48.5 Å². The van der Waals surface area contributed by atoms with E-state index in [2.05, 4.69) is 29.2 Å². The molecule has 0 aromatic heterocycles. The van der Waals surface area contributed by atoms with Gasteiger partial charge in [-0.2, -0.15) is 0 Å². The second kappa shape index (κ2) is 6.81. The maximum Gasteiger partial charge on any atom is 0.201 e. The fourth-order valence-electron chi connectivity index (χ4n) is 2.55. The molecule has 0 aliphatic heterocycles. The Morgan fingerprint density at radius 2 is 1.05 bits per heavy atom. The van der Waals surface area contributed by atoms with Crippen LogP contribution in [0.5, 0.6) is 5.75 Å². The lowest BCUT2D eigenvalue weighted by Gasteiger charge is -2.25. The first-order valence-corrected chi connectivity index (χ1v) is 7.42. The molecule has 109 valence electrons. The molecule has 3 aromatic carbocycles. The van der Waals surface area contributed by atoms with Gasteiger partial charge in [0.25, 0.3) is 0 Å². The van der Waals surface area contributed by atoms with Gasteiger partial charge >= 0.3 is 0 Å². The molecular weight excluding hydrogens is 270 g/mol. The van der Waals surface area contributed by atoms with Gasteiger partial charge in [0.15, 0.2) is 0 Å². The summed E-state index contributed by atoms with van der Waals surface area (Å²) in [5.41, 5.74) is 3.14. The molecule has 0 amide bonds. The summed E-state index contributed by atoms with van der Waals surface area (Å²) in [6.45, 7) is 1.43. The lowest BCUT2D eigenvalue weighted by molar-refractivity contribution is 0.354. The van der Waals surface area contributed by atoms with Crippen LogP contribution in [0.2, 0.25) is 0 Å². The predicted molar refractivity (Wildman–Crippen MR) is 89.3 cm³/mol. The molecule has 0 bridgehead atoms. The Kier molecular flexibility index (Phi) is 4.40. The molecule has 0 unspecified atom stereocenters. The van der Waals surface area contributed by atoms with E-state index >= 15 is 0 Å². The molecule has 0 heterocycles. The molecule has 0 aliphatic rings. The zero-order valence-corrected chi connectivity index (χ0v) is 12.4. The molecule has 0 aliphatic carbocycles. The third-order valence-corrected chi connectivity index (χ3v) is 3.64. The molecule has 0 fully saturated rings. The van der Waals surface area contributed by atoms with Gasteiger partial charge < -0.3 is 4.90 Å². The number of hydrogen-bond donors (Lipinski definition) is 0. The number of benzene rings is 3. The van der Waals surface area contributed by atoms with Crippen LogP contribution < -0.4 is 4.90 Å². The van der Waals surface area contributed by atoms with Crippen LogP contribution in [0.3, 0.4) is 0 Å². The molecular formula is C20H18NO. The van der Waals surface area contributed by atoms with Crippen LogP contribution in [0.15, 0.2) is 84.9 Å². The molecule has 3 rings (SSSR count). The van der Waals surface area contributed by atoms with Gasteiger partial charge in [-0.25, -0.2) is 0 Å². The molecule has 22 heavy (non-hydrogen) atoms. The summed E-state index contributed by atoms with van der Waals surface area (Å²) in [4.78, 5) is 2.13. The summed E-state index contributed by atoms with van der Waals surface area (Å²) in [6, 6.07) is 27.7. The smallest absolute Gasteiger partial charge is 0.201 e. The molecule has 1 radical (unpaired) electrons. The fraction of sp³-hybridized carbons (Fsp3) is 0.100. The van der Waals surface area contributed by atoms with Crippen molar-refractivity contribution in [3.8, 4) is 5.75 Å². The topological polar surface area (TPSA) is 23.1 Å². The highest BCUT2D eigenvalue weighted by molar-refractivity contribution is 5.58. The van der Waals surface area contributed by atoms with Crippen LogP contribution in [-0.4, -0.2) is 0 Å². The largest absolute Gasteiger partial charge is 0.360 e. The Labute approximate surface area is 131 Å². The van der Waals surface area contributed by atoms with Gasteiger partial charge in [-0.3, -0.25) is 5.11 Å². The standard InChI is InChI=1S/C20H18NO/c22-20-14-8-7-13-19(20)21(15-17-9-3-1-4-10-17)16-18-11-5-2-6-12-18/h1-14H,15-16H2. The van der Waals surface area contributed by atoms with Crippen LogP contribution in [0.1, 0.15) is 11.1 Å². The average molecular weight is 288 g/mol. The van der Waals surface area contributed by atoms with Crippen LogP contribution in [0.4, 0.5) is 5.69 Å². The summed E-state index contributed by atoms with van der Waals surface area (Å²) >= 11 is 0. The van der Waals surface area contributed by atoms with Crippen molar-refractivity contribution in [1.29, 1.82) is 0 Å². The number of rotatable bonds is 5. The second-order valence-electron chi connectivity index (χ2n) is 5.29. The Morgan fingerprint density at radius 3 is 1.55 bits per heavy atom. The van der Waals surface area contributed by atoms with E-state index in [-0.39, 0.29) is 5.75 Å². The minimum absolute atomic E-state index is 0.0642. The Balaban J connectivity index is 1.90. The van der Waals surface area contributed by atoms with E-state index in [1.165, 1.54) is 11.1 Å². The Hall–Kier alpha value is -2.74. The fourth-order valence-corrected chi connectivity index (χ4v) is 2.55. The van der Waals surface area contributed by atoms with E-state index in [4.69, 9.17) is 0 Å². The summed E-state index contributed by atoms with van der Waals surface area (Å²) in [5.74, 6) is 0.0642. The first-order chi connectivity index (χ1) is 10.8.